The van der Waals surface area contributed by atoms with Crippen molar-refractivity contribution in [2.75, 3.05) is 13.7 Å². The molecular formula is C12H19ClN2O. The van der Waals surface area contributed by atoms with Crippen molar-refractivity contribution in [3.05, 3.63) is 29.0 Å². The Balaban J connectivity index is 2.68. The number of hydrogen-bond acceptors (Lipinski definition) is 3. The number of pyridine rings is 1. The standard InChI is InChI=1S/C12H19ClN2O/c1-9(15-12(2,3)8-16-4)10-5-6-14-11(13)7-10/h5-7,9,15H,8H2,1-4H3. The molecule has 1 rings (SSSR count). The van der Waals surface area contributed by atoms with Crippen LogP contribution in [0.5, 0.6) is 0 Å². The lowest BCUT2D eigenvalue weighted by Gasteiger charge is -2.29. The van der Waals surface area contributed by atoms with E-state index in [1.54, 1.807) is 13.3 Å². The quantitative estimate of drug-likeness (QED) is 0.807. The highest BCUT2D eigenvalue weighted by atomic mass is 35.5. The molecule has 0 spiro atoms. The molecule has 0 bridgehead atoms. The lowest BCUT2D eigenvalue weighted by atomic mass is 10.0. The third kappa shape index (κ3) is 4.08. The number of methoxy groups -OCH3 is 1. The smallest absolute Gasteiger partial charge is 0.129 e. The molecule has 0 saturated carbocycles. The molecular weight excluding hydrogens is 224 g/mol. The van der Waals surface area contributed by atoms with Crippen molar-refractivity contribution >= 4 is 11.6 Å². The molecule has 0 saturated heterocycles. The maximum absolute atomic E-state index is 5.86. The van der Waals surface area contributed by atoms with Gasteiger partial charge in [0.2, 0.25) is 0 Å². The van der Waals surface area contributed by atoms with Crippen LogP contribution in [0.4, 0.5) is 0 Å². The second-order valence-corrected chi connectivity index (χ2v) is 4.98. The van der Waals surface area contributed by atoms with Crippen molar-refractivity contribution in [1.82, 2.24) is 10.3 Å². The van der Waals surface area contributed by atoms with E-state index in [0.717, 1.165) is 5.56 Å². The lowest BCUT2D eigenvalue weighted by Crippen LogP contribution is -2.44. The first kappa shape index (κ1) is 13.4. The van der Waals surface area contributed by atoms with E-state index in [1.165, 1.54) is 0 Å². The number of halogens is 1. The molecule has 4 heteroatoms. The van der Waals surface area contributed by atoms with Gasteiger partial charge in [0.15, 0.2) is 0 Å². The summed E-state index contributed by atoms with van der Waals surface area (Å²) < 4.78 is 5.17. The van der Waals surface area contributed by atoms with E-state index in [9.17, 15) is 0 Å². The van der Waals surface area contributed by atoms with Gasteiger partial charge in [0.05, 0.1) is 6.61 Å². The fourth-order valence-electron chi connectivity index (χ4n) is 1.76. The van der Waals surface area contributed by atoms with Crippen LogP contribution in [0.3, 0.4) is 0 Å². The summed E-state index contributed by atoms with van der Waals surface area (Å²) in [6.07, 6.45) is 1.72. The highest BCUT2D eigenvalue weighted by Crippen LogP contribution is 2.18. The molecule has 0 aromatic carbocycles. The van der Waals surface area contributed by atoms with E-state index in [4.69, 9.17) is 16.3 Å². The number of aromatic nitrogens is 1. The molecule has 0 fully saturated rings. The zero-order chi connectivity index (χ0) is 12.2. The molecule has 0 amide bonds. The van der Waals surface area contributed by atoms with Gasteiger partial charge in [-0.1, -0.05) is 11.6 Å². The second-order valence-electron chi connectivity index (χ2n) is 4.59. The fourth-order valence-corrected chi connectivity index (χ4v) is 1.94. The first-order valence-corrected chi connectivity index (χ1v) is 5.70. The summed E-state index contributed by atoms with van der Waals surface area (Å²) in [5, 5.41) is 4.01. The van der Waals surface area contributed by atoms with Crippen molar-refractivity contribution in [2.45, 2.75) is 32.4 Å². The molecule has 16 heavy (non-hydrogen) atoms. The minimum absolute atomic E-state index is 0.0656. The van der Waals surface area contributed by atoms with E-state index >= 15 is 0 Å². The highest BCUT2D eigenvalue weighted by Gasteiger charge is 2.20. The topological polar surface area (TPSA) is 34.1 Å². The van der Waals surface area contributed by atoms with Crippen LogP contribution in [-0.2, 0) is 4.74 Å². The predicted molar refractivity (Wildman–Crippen MR) is 66.8 cm³/mol. The first-order valence-electron chi connectivity index (χ1n) is 5.33. The van der Waals surface area contributed by atoms with Gasteiger partial charge in [-0.15, -0.1) is 0 Å². The summed E-state index contributed by atoms with van der Waals surface area (Å²) in [7, 11) is 1.71. The van der Waals surface area contributed by atoms with Crippen LogP contribution in [0.2, 0.25) is 5.15 Å². The highest BCUT2D eigenvalue weighted by molar-refractivity contribution is 6.29. The van der Waals surface area contributed by atoms with E-state index in [2.05, 4.69) is 31.1 Å². The average Bonchev–Trinajstić information content (AvgIpc) is 2.16. The molecule has 0 aliphatic heterocycles. The Morgan fingerprint density at radius 2 is 2.25 bits per heavy atom. The molecule has 0 aliphatic rings. The molecule has 1 aromatic rings. The zero-order valence-corrected chi connectivity index (χ0v) is 11.0. The van der Waals surface area contributed by atoms with E-state index in [1.807, 2.05) is 12.1 Å². The SMILES string of the molecule is COCC(C)(C)NC(C)c1ccnc(Cl)c1. The number of ether oxygens (including phenoxy) is 1. The van der Waals surface area contributed by atoms with Crippen LogP contribution in [-0.4, -0.2) is 24.2 Å². The Bertz CT molecular complexity index is 342. The predicted octanol–water partition coefficient (Wildman–Crippen LogP) is 2.81. The van der Waals surface area contributed by atoms with Crippen LogP contribution in [0.1, 0.15) is 32.4 Å². The van der Waals surface area contributed by atoms with Gasteiger partial charge < -0.3 is 10.1 Å². The zero-order valence-electron chi connectivity index (χ0n) is 10.2. The van der Waals surface area contributed by atoms with E-state index in [0.29, 0.717) is 11.8 Å². The van der Waals surface area contributed by atoms with Crippen LogP contribution < -0.4 is 5.32 Å². The van der Waals surface area contributed by atoms with Crippen molar-refractivity contribution in [3.8, 4) is 0 Å². The molecule has 0 aliphatic carbocycles. The minimum atomic E-state index is -0.0656. The Hall–Kier alpha value is -0.640. The Morgan fingerprint density at radius 3 is 2.81 bits per heavy atom. The van der Waals surface area contributed by atoms with Gasteiger partial charge in [0.25, 0.3) is 0 Å². The van der Waals surface area contributed by atoms with Crippen molar-refractivity contribution < 1.29 is 4.74 Å². The molecule has 0 radical (unpaired) electrons. The van der Waals surface area contributed by atoms with Gasteiger partial charge in [-0.05, 0) is 38.5 Å². The van der Waals surface area contributed by atoms with Gasteiger partial charge in [-0.2, -0.15) is 0 Å². The van der Waals surface area contributed by atoms with Crippen molar-refractivity contribution in [2.24, 2.45) is 0 Å². The van der Waals surface area contributed by atoms with Crippen LogP contribution in [0.15, 0.2) is 18.3 Å². The van der Waals surface area contributed by atoms with Gasteiger partial charge in [-0.25, -0.2) is 4.98 Å². The van der Waals surface area contributed by atoms with Crippen LogP contribution >= 0.6 is 11.6 Å². The maximum atomic E-state index is 5.86. The molecule has 1 atom stereocenters. The molecule has 1 N–H and O–H groups in total. The van der Waals surface area contributed by atoms with Gasteiger partial charge in [0.1, 0.15) is 5.15 Å². The molecule has 1 aromatic heterocycles. The molecule has 1 heterocycles. The second kappa shape index (κ2) is 5.62. The summed E-state index contributed by atoms with van der Waals surface area (Å²) in [6.45, 7) is 6.98. The summed E-state index contributed by atoms with van der Waals surface area (Å²) in [6, 6.07) is 4.06. The van der Waals surface area contributed by atoms with Gasteiger partial charge >= 0.3 is 0 Å². The van der Waals surface area contributed by atoms with Crippen LogP contribution in [0.25, 0.3) is 0 Å². The van der Waals surface area contributed by atoms with E-state index < -0.39 is 0 Å². The Kier molecular flexibility index (Phi) is 4.71. The molecule has 90 valence electrons. The van der Waals surface area contributed by atoms with Crippen molar-refractivity contribution in [1.29, 1.82) is 0 Å². The van der Waals surface area contributed by atoms with E-state index in [-0.39, 0.29) is 11.6 Å². The van der Waals surface area contributed by atoms with Gasteiger partial charge in [-0.3, -0.25) is 0 Å². The summed E-state index contributed by atoms with van der Waals surface area (Å²) >= 11 is 5.86. The summed E-state index contributed by atoms with van der Waals surface area (Å²) in [4.78, 5) is 3.97. The Morgan fingerprint density at radius 1 is 1.56 bits per heavy atom. The van der Waals surface area contributed by atoms with Gasteiger partial charge in [0, 0.05) is 24.9 Å². The number of hydrogen-bond donors (Lipinski definition) is 1. The monoisotopic (exact) mass is 242 g/mol. The molecule has 3 nitrogen and oxygen atoms in total. The minimum Gasteiger partial charge on any atom is -0.383 e. The summed E-state index contributed by atoms with van der Waals surface area (Å²) in [5.74, 6) is 0. The largest absolute Gasteiger partial charge is 0.383 e. The summed E-state index contributed by atoms with van der Waals surface area (Å²) in [5.41, 5.74) is 1.06. The molecule has 1 unspecified atom stereocenters. The number of rotatable bonds is 5. The first-order chi connectivity index (χ1) is 7.44. The Labute approximate surface area is 102 Å². The maximum Gasteiger partial charge on any atom is 0.129 e. The average molecular weight is 243 g/mol. The lowest BCUT2D eigenvalue weighted by molar-refractivity contribution is 0.122. The number of nitrogens with one attached hydrogen (secondary N) is 1. The third-order valence-electron chi connectivity index (χ3n) is 2.36. The number of nitrogens with zero attached hydrogens (tertiary/aromatic N) is 1. The third-order valence-corrected chi connectivity index (χ3v) is 2.57. The normalized spacial score (nSPS) is 13.8. The van der Waals surface area contributed by atoms with Crippen LogP contribution in [0, 0.1) is 0 Å². The van der Waals surface area contributed by atoms with Crippen molar-refractivity contribution in [3.63, 3.8) is 0 Å². The fraction of sp³-hybridized carbons (Fsp3) is 0.583.